The van der Waals surface area contributed by atoms with Gasteiger partial charge in [0.25, 0.3) is 0 Å². The smallest absolute Gasteiger partial charge is 0.466 e. The molecule has 0 saturated carbocycles. The number of carbonyl (C=O) groups excluding carboxylic acids is 1. The Morgan fingerprint density at radius 3 is 2.82 bits per heavy atom. The first-order valence-electron chi connectivity index (χ1n) is 8.98. The standard InChI is InChI=1S/C19H22BNO6S/c1-2-26-19(22)8-5-14-10-16(21)6-7-18(14)28(24,25)12-13-3-4-15-11-27-20(23)17(15)9-13/h3-4,6-7,9-10,23H,2,5,8,11-12,21H2,1H3. The average molecular weight is 403 g/mol. The highest BCUT2D eigenvalue weighted by Gasteiger charge is 2.28. The number of aryl methyl sites for hydroxylation is 1. The molecular weight excluding hydrogens is 381 g/mol. The summed E-state index contributed by atoms with van der Waals surface area (Å²) in [5.74, 6) is -0.621. The highest BCUT2D eigenvalue weighted by atomic mass is 32.2. The van der Waals surface area contributed by atoms with E-state index >= 15 is 0 Å². The Labute approximate surface area is 164 Å². The number of rotatable bonds is 7. The number of ether oxygens (including phenoxy) is 1. The van der Waals surface area contributed by atoms with Crippen molar-refractivity contribution < 1.29 is 27.6 Å². The molecule has 9 heteroatoms. The van der Waals surface area contributed by atoms with Crippen LogP contribution in [0.3, 0.4) is 0 Å². The van der Waals surface area contributed by atoms with Crippen molar-refractivity contribution in [2.45, 2.75) is 37.0 Å². The molecule has 0 radical (unpaired) electrons. The number of hydrogen-bond acceptors (Lipinski definition) is 7. The summed E-state index contributed by atoms with van der Waals surface area (Å²) in [6.45, 7) is 2.29. The summed E-state index contributed by atoms with van der Waals surface area (Å²) in [6.07, 6.45) is 0.289. The van der Waals surface area contributed by atoms with Gasteiger partial charge in [0.2, 0.25) is 0 Å². The average Bonchev–Trinajstić information content (AvgIpc) is 3.00. The number of fused-ring (bicyclic) bond motifs is 1. The Morgan fingerprint density at radius 1 is 1.29 bits per heavy atom. The maximum absolute atomic E-state index is 13.0. The fourth-order valence-corrected chi connectivity index (χ4v) is 4.83. The maximum atomic E-state index is 13.0. The summed E-state index contributed by atoms with van der Waals surface area (Å²) in [4.78, 5) is 11.8. The van der Waals surface area contributed by atoms with Crippen molar-refractivity contribution in [2.24, 2.45) is 0 Å². The molecule has 0 aromatic heterocycles. The van der Waals surface area contributed by atoms with Crippen molar-refractivity contribution >= 4 is 34.1 Å². The predicted molar refractivity (Wildman–Crippen MR) is 106 cm³/mol. The second kappa shape index (κ2) is 8.34. The van der Waals surface area contributed by atoms with Gasteiger partial charge in [0.05, 0.1) is 23.9 Å². The highest BCUT2D eigenvalue weighted by Crippen LogP contribution is 2.25. The highest BCUT2D eigenvalue weighted by molar-refractivity contribution is 7.90. The third-order valence-corrected chi connectivity index (χ3v) is 6.33. The van der Waals surface area contributed by atoms with E-state index in [1.165, 1.54) is 12.1 Å². The number of esters is 1. The van der Waals surface area contributed by atoms with Gasteiger partial charge in [-0.05, 0) is 53.7 Å². The van der Waals surface area contributed by atoms with Gasteiger partial charge in [-0.25, -0.2) is 8.42 Å². The van der Waals surface area contributed by atoms with Crippen LogP contribution in [0.15, 0.2) is 41.3 Å². The Morgan fingerprint density at radius 2 is 2.07 bits per heavy atom. The van der Waals surface area contributed by atoms with E-state index in [9.17, 15) is 18.2 Å². The van der Waals surface area contributed by atoms with Crippen LogP contribution in [0.4, 0.5) is 5.69 Å². The van der Waals surface area contributed by atoms with E-state index < -0.39 is 17.0 Å². The molecular formula is C19H22BNO6S. The molecule has 0 unspecified atom stereocenters. The van der Waals surface area contributed by atoms with Gasteiger partial charge < -0.3 is 20.1 Å². The van der Waals surface area contributed by atoms with Crippen LogP contribution in [0.1, 0.15) is 30.0 Å². The number of anilines is 1. The second-order valence-electron chi connectivity index (χ2n) is 6.63. The van der Waals surface area contributed by atoms with Crippen LogP contribution in [0.2, 0.25) is 0 Å². The summed E-state index contributed by atoms with van der Waals surface area (Å²) in [5.41, 5.74) is 8.71. The van der Waals surface area contributed by atoms with Crippen molar-refractivity contribution in [3.8, 4) is 0 Å². The Kier molecular flexibility index (Phi) is 6.07. The first-order valence-corrected chi connectivity index (χ1v) is 10.6. The number of carbonyl (C=O) groups is 1. The summed E-state index contributed by atoms with van der Waals surface area (Å²) < 4.78 is 36.1. The minimum absolute atomic E-state index is 0.0716. The van der Waals surface area contributed by atoms with Gasteiger partial charge in [-0.1, -0.05) is 18.2 Å². The zero-order valence-corrected chi connectivity index (χ0v) is 16.4. The van der Waals surface area contributed by atoms with Crippen LogP contribution >= 0.6 is 0 Å². The number of sulfone groups is 1. The molecule has 0 fully saturated rings. The third-order valence-electron chi connectivity index (χ3n) is 4.55. The first-order chi connectivity index (χ1) is 13.3. The van der Waals surface area contributed by atoms with E-state index in [0.717, 1.165) is 5.56 Å². The number of nitrogen functional groups attached to an aromatic ring is 1. The van der Waals surface area contributed by atoms with Crippen molar-refractivity contribution in [3.63, 3.8) is 0 Å². The van der Waals surface area contributed by atoms with E-state index in [1.54, 1.807) is 31.2 Å². The van der Waals surface area contributed by atoms with Gasteiger partial charge in [0.15, 0.2) is 9.84 Å². The summed E-state index contributed by atoms with van der Waals surface area (Å²) in [6, 6.07) is 9.71. The van der Waals surface area contributed by atoms with E-state index in [2.05, 4.69) is 0 Å². The number of benzene rings is 2. The molecule has 3 N–H and O–H groups in total. The largest absolute Gasteiger partial charge is 0.491 e. The van der Waals surface area contributed by atoms with Gasteiger partial charge in [0.1, 0.15) is 0 Å². The van der Waals surface area contributed by atoms with Crippen LogP contribution in [0.5, 0.6) is 0 Å². The summed E-state index contributed by atoms with van der Waals surface area (Å²) in [7, 11) is -4.72. The minimum Gasteiger partial charge on any atom is -0.466 e. The first kappa shape index (κ1) is 20.4. The van der Waals surface area contributed by atoms with Crippen LogP contribution in [-0.2, 0) is 42.8 Å². The molecule has 1 heterocycles. The quantitative estimate of drug-likeness (QED) is 0.402. The zero-order valence-electron chi connectivity index (χ0n) is 15.6. The van der Waals surface area contributed by atoms with Gasteiger partial charge in [-0.3, -0.25) is 4.79 Å². The fourth-order valence-electron chi connectivity index (χ4n) is 3.22. The van der Waals surface area contributed by atoms with Gasteiger partial charge in [-0.2, -0.15) is 0 Å². The monoisotopic (exact) mass is 403 g/mol. The van der Waals surface area contributed by atoms with Crippen LogP contribution in [0, 0.1) is 0 Å². The van der Waals surface area contributed by atoms with Crippen LogP contribution < -0.4 is 11.2 Å². The lowest BCUT2D eigenvalue weighted by Gasteiger charge is -2.12. The lowest BCUT2D eigenvalue weighted by Crippen LogP contribution is -2.28. The maximum Gasteiger partial charge on any atom is 0.491 e. The van der Waals surface area contributed by atoms with Crippen molar-refractivity contribution in [1.29, 1.82) is 0 Å². The minimum atomic E-state index is -3.69. The van der Waals surface area contributed by atoms with Gasteiger partial charge >= 0.3 is 13.1 Å². The molecule has 0 aliphatic carbocycles. The third kappa shape index (κ3) is 4.55. The summed E-state index contributed by atoms with van der Waals surface area (Å²) >= 11 is 0. The fraction of sp³-hybridized carbons (Fsp3) is 0.316. The second-order valence-corrected chi connectivity index (χ2v) is 8.59. The molecule has 3 rings (SSSR count). The van der Waals surface area contributed by atoms with E-state index in [4.69, 9.17) is 15.1 Å². The molecule has 0 atom stereocenters. The SMILES string of the molecule is CCOC(=O)CCc1cc(N)ccc1S(=O)(=O)Cc1ccc2c(c1)B(O)OC2. The lowest BCUT2D eigenvalue weighted by molar-refractivity contribution is -0.143. The lowest BCUT2D eigenvalue weighted by atomic mass is 9.79. The zero-order chi connectivity index (χ0) is 20.3. The number of hydrogen-bond donors (Lipinski definition) is 2. The molecule has 0 spiro atoms. The van der Waals surface area contributed by atoms with Gasteiger partial charge in [0, 0.05) is 12.1 Å². The molecule has 1 aliphatic heterocycles. The molecule has 7 nitrogen and oxygen atoms in total. The Bertz CT molecular complexity index is 992. The Hall–Kier alpha value is -2.36. The van der Waals surface area contributed by atoms with Crippen molar-refractivity contribution in [2.75, 3.05) is 12.3 Å². The Balaban J connectivity index is 1.85. The van der Waals surface area contributed by atoms with Crippen LogP contribution in [0.25, 0.3) is 0 Å². The predicted octanol–water partition coefficient (Wildman–Crippen LogP) is 0.956. The molecule has 1 aliphatic rings. The molecule has 0 amide bonds. The topological polar surface area (TPSA) is 116 Å². The molecule has 28 heavy (non-hydrogen) atoms. The van der Waals surface area contributed by atoms with E-state index in [-0.39, 0.29) is 36.1 Å². The normalized spacial score (nSPS) is 13.4. The number of nitrogens with two attached hydrogens (primary N) is 1. The van der Waals surface area contributed by atoms with E-state index in [1.807, 2.05) is 0 Å². The molecule has 2 aromatic carbocycles. The molecule has 148 valence electrons. The molecule has 2 aromatic rings. The summed E-state index contributed by atoms with van der Waals surface area (Å²) in [5, 5.41) is 9.83. The van der Waals surface area contributed by atoms with Crippen LogP contribution in [-0.4, -0.2) is 33.1 Å². The molecule has 0 saturated heterocycles. The molecule has 0 bridgehead atoms. The van der Waals surface area contributed by atoms with E-state index in [0.29, 0.717) is 28.9 Å². The van der Waals surface area contributed by atoms with Crippen molar-refractivity contribution in [1.82, 2.24) is 0 Å². The van der Waals surface area contributed by atoms with Gasteiger partial charge in [-0.15, -0.1) is 0 Å². The van der Waals surface area contributed by atoms with Crippen molar-refractivity contribution in [3.05, 3.63) is 53.1 Å².